The monoisotopic (exact) mass is 285 g/mol. The molecule has 0 spiro atoms. The van der Waals surface area contributed by atoms with Crippen LogP contribution < -0.4 is 16.8 Å². The highest BCUT2D eigenvalue weighted by molar-refractivity contribution is 7.80. The van der Waals surface area contributed by atoms with Gasteiger partial charge < -0.3 is 5.43 Å². The molecule has 0 aliphatic carbocycles. The van der Waals surface area contributed by atoms with E-state index in [2.05, 4.69) is 34.7 Å². The molecule has 20 heavy (non-hydrogen) atoms. The van der Waals surface area contributed by atoms with Crippen molar-refractivity contribution in [2.24, 2.45) is 5.84 Å². The molecule has 3 aromatic rings. The van der Waals surface area contributed by atoms with Crippen molar-refractivity contribution < 1.29 is 0 Å². The predicted octanol–water partition coefficient (Wildman–Crippen LogP) is 1.46. The van der Waals surface area contributed by atoms with E-state index >= 15 is 0 Å². The van der Waals surface area contributed by atoms with Gasteiger partial charge in [0.2, 0.25) is 0 Å². The van der Waals surface area contributed by atoms with Crippen molar-refractivity contribution in [2.75, 3.05) is 5.43 Å². The Balaban J connectivity index is 2.63. The Morgan fingerprint density at radius 1 is 1.35 bits per heavy atom. The summed E-state index contributed by atoms with van der Waals surface area (Å²) < 4.78 is 1.20. The van der Waals surface area contributed by atoms with Crippen LogP contribution in [0.5, 0.6) is 0 Å². The van der Waals surface area contributed by atoms with Crippen LogP contribution in [-0.2, 0) is 0 Å². The van der Waals surface area contributed by atoms with Gasteiger partial charge in [-0.2, -0.15) is 4.52 Å². The third kappa shape index (κ3) is 1.68. The first-order chi connectivity index (χ1) is 9.67. The number of nitrogens with zero attached hydrogens (tertiary/aromatic N) is 3. The van der Waals surface area contributed by atoms with Crippen molar-refractivity contribution in [3.05, 3.63) is 46.8 Å². The van der Waals surface area contributed by atoms with Gasteiger partial charge in [0.1, 0.15) is 5.03 Å². The molecule has 0 saturated heterocycles. The number of aromatic nitrogens is 3. The van der Waals surface area contributed by atoms with Crippen molar-refractivity contribution in [2.45, 2.75) is 5.03 Å². The summed E-state index contributed by atoms with van der Waals surface area (Å²) in [5.41, 5.74) is 2.90. The number of fused-ring (bicyclic) bond motifs is 3. The molecule has 0 amide bonds. The number of benzene rings is 1. The Hall–Kier alpha value is -2.38. The molecule has 3 N–H and O–H groups in total. The Morgan fingerprint density at radius 3 is 2.70 bits per heavy atom. The van der Waals surface area contributed by atoms with E-state index in [1.165, 1.54) is 10.6 Å². The lowest BCUT2D eigenvalue weighted by Crippen LogP contribution is -2.23. The highest BCUT2D eigenvalue weighted by atomic mass is 32.1. The molecule has 3 rings (SSSR count). The molecule has 2 aromatic heterocycles. The third-order valence-electron chi connectivity index (χ3n) is 3.04. The fraction of sp³-hybridized carbons (Fsp3) is 0. The number of anilines is 1. The van der Waals surface area contributed by atoms with Gasteiger partial charge in [0, 0.05) is 10.8 Å². The van der Waals surface area contributed by atoms with Gasteiger partial charge in [-0.05, 0) is 0 Å². The number of hydrogen-bond acceptors (Lipinski definition) is 6. The van der Waals surface area contributed by atoms with Gasteiger partial charge in [-0.25, -0.2) is 10.8 Å². The van der Waals surface area contributed by atoms with Gasteiger partial charge in [0.15, 0.2) is 11.5 Å². The Bertz CT molecular complexity index is 903. The summed E-state index contributed by atoms with van der Waals surface area (Å²) in [4.78, 5) is 16.7. The Kier molecular flexibility index (Phi) is 2.92. The van der Waals surface area contributed by atoms with Crippen LogP contribution in [0.3, 0.4) is 0 Å². The molecular formula is C13H11N5OS. The van der Waals surface area contributed by atoms with Crippen LogP contribution in [0.4, 0.5) is 5.82 Å². The molecule has 100 valence electrons. The van der Waals surface area contributed by atoms with Crippen molar-refractivity contribution >= 4 is 40.9 Å². The van der Waals surface area contributed by atoms with Gasteiger partial charge in [-0.1, -0.05) is 36.9 Å². The molecule has 1 aromatic carbocycles. The summed E-state index contributed by atoms with van der Waals surface area (Å²) in [6, 6.07) is 7.41. The standard InChI is InChI=1S/C13H11N5OS/c1-2-7-12(20)15-11-9-6-4-3-5-8(9)10(16-14)17-18(11)13(7)19/h2-6,20H,1,14H2,(H,16,17). The first-order valence-corrected chi connectivity index (χ1v) is 6.26. The van der Waals surface area contributed by atoms with Gasteiger partial charge in [-0.3, -0.25) is 4.79 Å². The molecule has 0 aliphatic rings. The van der Waals surface area contributed by atoms with Crippen molar-refractivity contribution in [1.82, 2.24) is 14.6 Å². The molecular weight excluding hydrogens is 274 g/mol. The van der Waals surface area contributed by atoms with E-state index in [0.717, 1.165) is 10.8 Å². The zero-order chi connectivity index (χ0) is 14.3. The second-order valence-corrected chi connectivity index (χ2v) is 4.56. The second-order valence-electron chi connectivity index (χ2n) is 4.13. The van der Waals surface area contributed by atoms with E-state index in [4.69, 9.17) is 5.84 Å². The fourth-order valence-electron chi connectivity index (χ4n) is 2.10. The lowest BCUT2D eigenvalue weighted by Gasteiger charge is -2.10. The van der Waals surface area contributed by atoms with E-state index < -0.39 is 0 Å². The minimum absolute atomic E-state index is 0.302. The number of nitrogen functional groups attached to an aromatic ring is 1. The maximum atomic E-state index is 12.4. The van der Waals surface area contributed by atoms with Crippen molar-refractivity contribution in [3.8, 4) is 0 Å². The van der Waals surface area contributed by atoms with Gasteiger partial charge >= 0.3 is 0 Å². The zero-order valence-corrected chi connectivity index (χ0v) is 11.3. The predicted molar refractivity (Wildman–Crippen MR) is 81.9 cm³/mol. The number of hydrogen-bond donors (Lipinski definition) is 3. The van der Waals surface area contributed by atoms with Crippen LogP contribution in [0, 0.1) is 0 Å². The largest absolute Gasteiger partial charge is 0.307 e. The van der Waals surface area contributed by atoms with Gasteiger partial charge in [-0.15, -0.1) is 17.7 Å². The molecule has 0 fully saturated rings. The summed E-state index contributed by atoms with van der Waals surface area (Å²) in [6.45, 7) is 3.59. The molecule has 0 aliphatic heterocycles. The lowest BCUT2D eigenvalue weighted by atomic mass is 10.2. The maximum Gasteiger partial charge on any atom is 0.282 e. The van der Waals surface area contributed by atoms with Crippen LogP contribution in [0.25, 0.3) is 22.5 Å². The minimum Gasteiger partial charge on any atom is -0.307 e. The van der Waals surface area contributed by atoms with Crippen molar-refractivity contribution in [1.29, 1.82) is 0 Å². The van der Waals surface area contributed by atoms with Gasteiger partial charge in [0.25, 0.3) is 5.56 Å². The highest BCUT2D eigenvalue weighted by Gasteiger charge is 2.13. The number of thiol groups is 1. The Labute approximate surface area is 119 Å². The highest BCUT2D eigenvalue weighted by Crippen LogP contribution is 2.23. The van der Waals surface area contributed by atoms with E-state index in [0.29, 0.717) is 22.1 Å². The molecule has 0 unspecified atom stereocenters. The lowest BCUT2D eigenvalue weighted by molar-refractivity contribution is 0.851. The maximum absolute atomic E-state index is 12.4. The summed E-state index contributed by atoms with van der Waals surface area (Å²) in [6.07, 6.45) is 1.41. The van der Waals surface area contributed by atoms with Crippen LogP contribution >= 0.6 is 12.6 Å². The molecule has 0 saturated carbocycles. The number of nitrogens with one attached hydrogen (secondary N) is 1. The Morgan fingerprint density at radius 2 is 2.05 bits per heavy atom. The minimum atomic E-state index is -0.336. The van der Waals surface area contributed by atoms with Gasteiger partial charge in [0.05, 0.1) is 5.56 Å². The average molecular weight is 285 g/mol. The molecule has 6 nitrogen and oxygen atoms in total. The van der Waals surface area contributed by atoms with Crippen LogP contribution in [-0.4, -0.2) is 14.6 Å². The van der Waals surface area contributed by atoms with E-state index in [9.17, 15) is 4.79 Å². The third-order valence-corrected chi connectivity index (χ3v) is 3.38. The van der Waals surface area contributed by atoms with E-state index in [1.54, 1.807) is 0 Å². The summed E-state index contributed by atoms with van der Waals surface area (Å²) in [7, 11) is 0. The normalized spacial score (nSPS) is 10.9. The molecule has 0 bridgehead atoms. The summed E-state index contributed by atoms with van der Waals surface area (Å²) in [5.74, 6) is 5.88. The average Bonchev–Trinajstić information content (AvgIpc) is 2.47. The SMILES string of the molecule is C=Cc1c(S)nc2c3ccccc3c(NN)nn2c1=O. The fourth-order valence-corrected chi connectivity index (χ4v) is 2.39. The van der Waals surface area contributed by atoms with E-state index in [1.807, 2.05) is 24.3 Å². The van der Waals surface area contributed by atoms with E-state index in [-0.39, 0.29) is 5.56 Å². The number of rotatable bonds is 2. The topological polar surface area (TPSA) is 85.3 Å². The number of nitrogens with two attached hydrogens (primary N) is 1. The smallest absolute Gasteiger partial charge is 0.282 e. The van der Waals surface area contributed by atoms with Crippen LogP contribution in [0.1, 0.15) is 5.56 Å². The van der Waals surface area contributed by atoms with Crippen molar-refractivity contribution in [3.63, 3.8) is 0 Å². The quantitative estimate of drug-likeness (QED) is 0.218. The van der Waals surface area contributed by atoms with Crippen LogP contribution in [0.2, 0.25) is 0 Å². The first-order valence-electron chi connectivity index (χ1n) is 5.81. The molecule has 2 heterocycles. The van der Waals surface area contributed by atoms with Crippen LogP contribution in [0.15, 0.2) is 40.7 Å². The first kappa shape index (κ1) is 12.6. The molecule has 7 heteroatoms. The summed E-state index contributed by atoms with van der Waals surface area (Å²) in [5, 5.41) is 6.06. The number of hydrazine groups is 1. The summed E-state index contributed by atoms with van der Waals surface area (Å²) >= 11 is 4.23. The zero-order valence-electron chi connectivity index (χ0n) is 10.4. The molecule has 0 atom stereocenters. The second kappa shape index (κ2) is 4.62. The molecule has 0 radical (unpaired) electrons.